The molecule has 3 heteroatoms. The summed E-state index contributed by atoms with van der Waals surface area (Å²) >= 11 is -2.21. The van der Waals surface area contributed by atoms with Gasteiger partial charge in [0.15, 0.2) is 0 Å². The average Bonchev–Trinajstić information content (AvgIpc) is 2.25. The maximum atomic E-state index is 13.2. The van der Waals surface area contributed by atoms with E-state index in [-0.39, 0.29) is 4.70 Å². The average molecular weight is 353 g/mol. The summed E-state index contributed by atoms with van der Waals surface area (Å²) in [6.07, 6.45) is 0. The summed E-state index contributed by atoms with van der Waals surface area (Å²) < 4.78 is 15.3. The maximum absolute atomic E-state index is 13.2. The van der Waals surface area contributed by atoms with Crippen LogP contribution in [-0.2, 0) is 3.83 Å². The van der Waals surface area contributed by atoms with E-state index in [9.17, 15) is 3.83 Å². The summed E-state index contributed by atoms with van der Waals surface area (Å²) in [5, 5.41) is 0. The van der Waals surface area contributed by atoms with E-state index >= 15 is 0 Å². The van der Waals surface area contributed by atoms with Crippen molar-refractivity contribution in [1.82, 2.24) is 0 Å². The van der Waals surface area contributed by atoms with Gasteiger partial charge in [0, 0.05) is 0 Å². The fourth-order valence-electron chi connectivity index (χ4n) is 3.02. The van der Waals surface area contributed by atoms with Crippen LogP contribution in [0.3, 0.4) is 0 Å². The Morgan fingerprint density at radius 2 is 0.857 bits per heavy atom. The number of hydrogen-bond acceptors (Lipinski definition) is 1. The van der Waals surface area contributed by atoms with Crippen LogP contribution in [0.15, 0.2) is 24.3 Å². The minimum absolute atomic E-state index is 0. The molecule has 0 atom stereocenters. The number of rotatable bonds is 2. The van der Waals surface area contributed by atoms with E-state index in [2.05, 4.69) is 65.8 Å². The molecule has 0 aliphatic carbocycles. The summed E-state index contributed by atoms with van der Waals surface area (Å²) in [4.78, 5) is 0. The summed E-state index contributed by atoms with van der Waals surface area (Å²) in [7, 11) is 0. The number of hydrogen-bond donors (Lipinski definition) is 0. The molecule has 0 heterocycles. The van der Waals surface area contributed by atoms with Crippen molar-refractivity contribution in [2.45, 2.75) is 41.5 Å². The molecule has 0 unspecified atom stereocenters. The van der Waals surface area contributed by atoms with Crippen molar-refractivity contribution in [3.8, 4) is 0 Å². The molecule has 0 aromatic heterocycles. The Labute approximate surface area is 130 Å². The standard InChI is InChI=1S/C18H22OSe.FH/c1-11-7-13(3)17(14(4)8-11)20(19)18-15(5)9-12(2)10-16(18)6;/h7-10H,1-6H3;1H. The van der Waals surface area contributed by atoms with Gasteiger partial charge in [-0.1, -0.05) is 0 Å². The van der Waals surface area contributed by atoms with Crippen LogP contribution >= 0.6 is 0 Å². The van der Waals surface area contributed by atoms with Gasteiger partial charge in [-0.2, -0.15) is 0 Å². The predicted octanol–water partition coefficient (Wildman–Crippen LogP) is 3.23. The van der Waals surface area contributed by atoms with Gasteiger partial charge < -0.3 is 0 Å². The molecular formula is C18H23FOSe. The third kappa shape index (κ3) is 3.48. The van der Waals surface area contributed by atoms with Crippen molar-refractivity contribution >= 4 is 22.8 Å². The third-order valence-electron chi connectivity index (χ3n) is 3.58. The first-order valence-corrected chi connectivity index (χ1v) is 9.30. The number of aryl methyl sites for hydroxylation is 6. The molecule has 114 valence electrons. The van der Waals surface area contributed by atoms with E-state index in [4.69, 9.17) is 0 Å². The van der Waals surface area contributed by atoms with Gasteiger partial charge in [-0.15, -0.1) is 0 Å². The minimum Gasteiger partial charge on any atom is -0.269 e. The molecule has 1 nitrogen and oxygen atoms in total. The second kappa shape index (κ2) is 6.63. The van der Waals surface area contributed by atoms with Crippen molar-refractivity contribution in [3.63, 3.8) is 0 Å². The normalized spacial score (nSPS) is 10.6. The first-order chi connectivity index (χ1) is 9.31. The van der Waals surface area contributed by atoms with E-state index in [0.717, 1.165) is 31.2 Å². The van der Waals surface area contributed by atoms with Gasteiger partial charge in [-0.25, -0.2) is 0 Å². The van der Waals surface area contributed by atoms with Crippen molar-refractivity contribution < 1.29 is 8.54 Å². The molecule has 0 aliphatic rings. The Morgan fingerprint density at radius 1 is 0.619 bits per heavy atom. The van der Waals surface area contributed by atoms with E-state index in [1.54, 1.807) is 0 Å². The van der Waals surface area contributed by atoms with Crippen LogP contribution in [0.4, 0.5) is 4.70 Å². The summed E-state index contributed by atoms with van der Waals surface area (Å²) in [5.74, 6) is 0. The van der Waals surface area contributed by atoms with E-state index in [0.29, 0.717) is 0 Å². The number of benzene rings is 2. The Morgan fingerprint density at radius 3 is 1.10 bits per heavy atom. The molecule has 0 saturated heterocycles. The van der Waals surface area contributed by atoms with Crippen LogP contribution in [0.1, 0.15) is 33.4 Å². The molecule has 2 aromatic carbocycles. The van der Waals surface area contributed by atoms with Crippen molar-refractivity contribution in [2.75, 3.05) is 0 Å². The largest absolute Gasteiger partial charge is 0.269 e. The van der Waals surface area contributed by atoms with Crippen molar-refractivity contribution in [3.05, 3.63) is 57.6 Å². The van der Waals surface area contributed by atoms with Gasteiger partial charge in [0.05, 0.1) is 0 Å². The summed E-state index contributed by atoms with van der Waals surface area (Å²) in [6.45, 7) is 12.5. The smallest absolute Gasteiger partial charge is 0.269 e. The van der Waals surface area contributed by atoms with Crippen molar-refractivity contribution in [2.24, 2.45) is 0 Å². The molecule has 0 radical (unpaired) electrons. The Hall–Kier alpha value is -1.31. The molecule has 0 amide bonds. The summed E-state index contributed by atoms with van der Waals surface area (Å²) in [6, 6.07) is 8.54. The predicted molar refractivity (Wildman–Crippen MR) is 89.5 cm³/mol. The molecule has 2 aromatic rings. The molecule has 0 N–H and O–H groups in total. The molecule has 0 fully saturated rings. The third-order valence-corrected chi connectivity index (χ3v) is 7.84. The number of halogens is 1. The van der Waals surface area contributed by atoms with Crippen molar-refractivity contribution in [1.29, 1.82) is 0 Å². The van der Waals surface area contributed by atoms with Crippen LogP contribution < -0.4 is 8.92 Å². The minimum atomic E-state index is -2.21. The summed E-state index contributed by atoms with van der Waals surface area (Å²) in [5.41, 5.74) is 7.09. The first-order valence-electron chi connectivity index (χ1n) is 6.88. The van der Waals surface area contributed by atoms with Crippen LogP contribution in [0, 0.1) is 41.5 Å². The van der Waals surface area contributed by atoms with Crippen LogP contribution in [0.25, 0.3) is 0 Å². The molecular weight excluding hydrogens is 330 g/mol. The zero-order chi connectivity index (χ0) is 15.0. The quantitative estimate of drug-likeness (QED) is 0.758. The first kappa shape index (κ1) is 17.7. The van der Waals surface area contributed by atoms with Gasteiger partial charge in [-0.05, 0) is 0 Å². The molecule has 21 heavy (non-hydrogen) atoms. The second-order valence-electron chi connectivity index (χ2n) is 5.72. The topological polar surface area (TPSA) is 17.1 Å². The SMILES string of the molecule is Cc1cc(C)c([Se](=O)c2c(C)cc(C)cc2C)c(C)c1.F. The van der Waals surface area contributed by atoms with Crippen LogP contribution in [0.2, 0.25) is 0 Å². The van der Waals surface area contributed by atoms with Gasteiger partial charge in [0.2, 0.25) is 0 Å². The molecule has 0 bridgehead atoms. The second-order valence-corrected chi connectivity index (χ2v) is 8.57. The zero-order valence-electron chi connectivity index (χ0n) is 13.5. The Kier molecular flexibility index (Phi) is 5.60. The Balaban J connectivity index is 0.00000220. The molecule has 0 aliphatic heterocycles. The monoisotopic (exact) mass is 354 g/mol. The molecule has 2 rings (SSSR count). The van der Waals surface area contributed by atoms with Gasteiger partial charge in [0.1, 0.15) is 0 Å². The van der Waals surface area contributed by atoms with Crippen LogP contribution in [-0.4, -0.2) is 13.8 Å². The Bertz CT molecular complexity index is 599. The fraction of sp³-hybridized carbons (Fsp3) is 0.333. The van der Waals surface area contributed by atoms with Crippen LogP contribution in [0.5, 0.6) is 0 Å². The molecule has 0 saturated carbocycles. The molecule has 0 spiro atoms. The fourth-order valence-corrected chi connectivity index (χ4v) is 6.40. The zero-order valence-corrected chi connectivity index (χ0v) is 15.2. The van der Waals surface area contributed by atoms with Gasteiger partial charge in [-0.3, -0.25) is 4.70 Å². The maximum Gasteiger partial charge on any atom is -0.269 e. The van der Waals surface area contributed by atoms with E-state index in [1.165, 1.54) is 11.1 Å². The van der Waals surface area contributed by atoms with Gasteiger partial charge >= 0.3 is 126 Å². The van der Waals surface area contributed by atoms with E-state index in [1.807, 2.05) is 0 Å². The van der Waals surface area contributed by atoms with Gasteiger partial charge in [0.25, 0.3) is 0 Å². The van der Waals surface area contributed by atoms with E-state index < -0.39 is 13.8 Å².